The van der Waals surface area contributed by atoms with Gasteiger partial charge in [-0.05, 0) is 74.2 Å². The maximum absolute atomic E-state index is 13.8. The van der Waals surface area contributed by atoms with Crippen molar-refractivity contribution in [3.8, 4) is 44.6 Å². The highest BCUT2D eigenvalue weighted by Gasteiger charge is 2.34. The highest BCUT2D eigenvalue weighted by atomic mass is 31.2. The van der Waals surface area contributed by atoms with Gasteiger partial charge < -0.3 is 4.57 Å². The minimum Gasteiger partial charge on any atom is -0.314 e. The highest BCUT2D eigenvalue weighted by Crippen LogP contribution is 2.51. The fourth-order valence-electron chi connectivity index (χ4n) is 6.55. The van der Waals surface area contributed by atoms with Crippen LogP contribution in [0.25, 0.3) is 66.2 Å². The van der Waals surface area contributed by atoms with E-state index >= 15 is 0 Å². The average Bonchev–Trinajstić information content (AvgIpc) is 3.26. The Morgan fingerprint density at radius 1 is 0.488 bits per heavy atom. The first-order chi connectivity index (χ1) is 20.1. The molecule has 1 aliphatic heterocycles. The van der Waals surface area contributed by atoms with E-state index in [0.717, 1.165) is 44.1 Å². The second-order valence-electron chi connectivity index (χ2n) is 10.8. The lowest BCUT2D eigenvalue weighted by atomic mass is 9.85. The lowest BCUT2D eigenvalue weighted by Crippen LogP contribution is -2.07. The van der Waals surface area contributed by atoms with Gasteiger partial charge in [0.1, 0.15) is 7.14 Å². The number of nitrogens with zero attached hydrogens (tertiary/aromatic N) is 1. The van der Waals surface area contributed by atoms with Crippen LogP contribution in [0.2, 0.25) is 0 Å². The van der Waals surface area contributed by atoms with Gasteiger partial charge in [0.05, 0.1) is 5.69 Å². The van der Waals surface area contributed by atoms with E-state index in [1.807, 2.05) is 49.3 Å². The molecule has 0 amide bonds. The molecular formula is C38H26NOP. The summed E-state index contributed by atoms with van der Waals surface area (Å²) in [5, 5.41) is 6.69. The molecule has 0 fully saturated rings. The fraction of sp³-hybridized carbons (Fsp3) is 0.0263. The van der Waals surface area contributed by atoms with Gasteiger partial charge in [-0.15, -0.1) is 0 Å². The van der Waals surface area contributed by atoms with Gasteiger partial charge in [0.2, 0.25) is 0 Å². The van der Waals surface area contributed by atoms with E-state index in [1.165, 1.54) is 32.7 Å². The van der Waals surface area contributed by atoms with Crippen LogP contribution in [-0.4, -0.2) is 11.6 Å². The smallest absolute Gasteiger partial charge is 0.141 e. The van der Waals surface area contributed by atoms with Crippen molar-refractivity contribution in [2.24, 2.45) is 0 Å². The van der Waals surface area contributed by atoms with Gasteiger partial charge >= 0.3 is 0 Å². The zero-order valence-corrected chi connectivity index (χ0v) is 23.5. The molecule has 0 N–H and O–H groups in total. The Balaban J connectivity index is 1.38. The van der Waals surface area contributed by atoms with Crippen molar-refractivity contribution in [2.45, 2.75) is 0 Å². The maximum Gasteiger partial charge on any atom is 0.141 e. The minimum absolute atomic E-state index is 0.956. The number of hydrogen-bond acceptors (Lipinski definition) is 2. The van der Waals surface area contributed by atoms with Crippen LogP contribution >= 0.6 is 7.14 Å². The van der Waals surface area contributed by atoms with Gasteiger partial charge in [-0.2, -0.15) is 0 Å². The third kappa shape index (κ3) is 3.65. The van der Waals surface area contributed by atoms with Gasteiger partial charge in [-0.1, -0.05) is 115 Å². The largest absolute Gasteiger partial charge is 0.314 e. The standard InChI is InChI=1S/C38H26NOP/c1-41(40)35-18-10-9-13-28(35)33-23-26(20-22-36(33)41)37-29-14-5-7-16-31(29)38(32-17-8-6-15-30(32)37)27-19-21-34(39-24-27)25-11-3-2-4-12-25/h2-24H,1H3. The van der Waals surface area contributed by atoms with Crippen LogP contribution < -0.4 is 10.6 Å². The zero-order chi connectivity index (χ0) is 27.6. The quantitative estimate of drug-likeness (QED) is 0.164. The first-order valence-corrected chi connectivity index (χ1v) is 16.0. The molecule has 2 heterocycles. The predicted octanol–water partition coefficient (Wildman–Crippen LogP) is 9.31. The fourth-order valence-corrected chi connectivity index (χ4v) is 8.84. The molecule has 0 saturated heterocycles. The van der Waals surface area contributed by atoms with Crippen molar-refractivity contribution in [3.63, 3.8) is 0 Å². The lowest BCUT2D eigenvalue weighted by Gasteiger charge is -2.18. The van der Waals surface area contributed by atoms with Crippen molar-refractivity contribution in [1.82, 2.24) is 4.98 Å². The highest BCUT2D eigenvalue weighted by molar-refractivity contribution is 7.79. The lowest BCUT2D eigenvalue weighted by molar-refractivity contribution is 0.591. The monoisotopic (exact) mass is 543 g/mol. The molecule has 1 aromatic heterocycles. The van der Waals surface area contributed by atoms with E-state index in [9.17, 15) is 4.57 Å². The first kappa shape index (κ1) is 24.1. The maximum atomic E-state index is 13.8. The van der Waals surface area contributed by atoms with Gasteiger partial charge in [0.15, 0.2) is 0 Å². The normalized spacial score (nSPS) is 15.6. The Morgan fingerprint density at radius 3 is 1.66 bits per heavy atom. The summed E-state index contributed by atoms with van der Waals surface area (Å²) in [7, 11) is -2.61. The van der Waals surface area contributed by atoms with E-state index in [-0.39, 0.29) is 0 Å². The summed E-state index contributed by atoms with van der Waals surface area (Å²) in [5.74, 6) is 0. The molecule has 2 nitrogen and oxygen atoms in total. The Kier molecular flexibility index (Phi) is 5.35. The number of benzene rings is 6. The molecule has 0 bridgehead atoms. The second kappa shape index (κ2) is 9.13. The van der Waals surface area contributed by atoms with E-state index in [0.29, 0.717) is 0 Å². The summed E-state index contributed by atoms with van der Waals surface area (Å²) in [6.07, 6.45) is 2.00. The Morgan fingerprint density at radius 2 is 1.02 bits per heavy atom. The number of pyridine rings is 1. The van der Waals surface area contributed by atoms with Crippen LogP contribution in [-0.2, 0) is 4.57 Å². The van der Waals surface area contributed by atoms with Gasteiger partial charge in [-0.25, -0.2) is 0 Å². The Hall–Kier alpha value is -4.78. The Labute approximate surface area is 239 Å². The third-order valence-corrected chi connectivity index (χ3v) is 11.1. The van der Waals surface area contributed by atoms with Crippen LogP contribution in [0, 0.1) is 0 Å². The molecule has 194 valence electrons. The van der Waals surface area contributed by atoms with Crippen LogP contribution in [0.15, 0.2) is 140 Å². The van der Waals surface area contributed by atoms with Crippen molar-refractivity contribution < 1.29 is 4.57 Å². The van der Waals surface area contributed by atoms with Crippen LogP contribution in [0.3, 0.4) is 0 Å². The average molecular weight is 544 g/mol. The molecule has 1 aliphatic rings. The summed E-state index contributed by atoms with van der Waals surface area (Å²) in [5.41, 5.74) is 8.87. The van der Waals surface area contributed by atoms with Crippen LogP contribution in [0.1, 0.15) is 0 Å². The molecular weight excluding hydrogens is 517 g/mol. The van der Waals surface area contributed by atoms with E-state index in [4.69, 9.17) is 4.98 Å². The summed E-state index contributed by atoms with van der Waals surface area (Å²) in [4.78, 5) is 4.87. The van der Waals surface area contributed by atoms with E-state index < -0.39 is 7.14 Å². The summed E-state index contributed by atoms with van der Waals surface area (Å²) < 4.78 is 13.8. The molecule has 3 heteroatoms. The molecule has 6 aromatic carbocycles. The van der Waals surface area contributed by atoms with Gasteiger partial charge in [0, 0.05) is 27.9 Å². The topological polar surface area (TPSA) is 30.0 Å². The Bertz CT molecular complexity index is 2130. The number of aromatic nitrogens is 1. The number of rotatable bonds is 3. The second-order valence-corrected chi connectivity index (χ2v) is 13.6. The third-order valence-electron chi connectivity index (χ3n) is 8.45. The van der Waals surface area contributed by atoms with Crippen molar-refractivity contribution >= 4 is 39.3 Å². The summed E-state index contributed by atoms with van der Waals surface area (Å²) in [6, 6.07) is 46.6. The molecule has 8 rings (SSSR count). The number of fused-ring (bicyclic) bond motifs is 5. The van der Waals surface area contributed by atoms with Crippen molar-refractivity contribution in [1.29, 1.82) is 0 Å². The van der Waals surface area contributed by atoms with Crippen molar-refractivity contribution in [3.05, 3.63) is 140 Å². The molecule has 1 unspecified atom stereocenters. The van der Waals surface area contributed by atoms with Gasteiger partial charge in [0.25, 0.3) is 0 Å². The van der Waals surface area contributed by atoms with E-state index in [2.05, 4.69) is 97.1 Å². The van der Waals surface area contributed by atoms with Crippen molar-refractivity contribution in [2.75, 3.05) is 6.66 Å². The zero-order valence-electron chi connectivity index (χ0n) is 22.6. The van der Waals surface area contributed by atoms with Gasteiger partial charge in [-0.3, -0.25) is 4.98 Å². The molecule has 1 atom stereocenters. The summed E-state index contributed by atoms with van der Waals surface area (Å²) >= 11 is 0. The molecule has 0 saturated carbocycles. The summed E-state index contributed by atoms with van der Waals surface area (Å²) in [6.45, 7) is 1.90. The van der Waals surface area contributed by atoms with Crippen LogP contribution in [0.5, 0.6) is 0 Å². The predicted molar refractivity (Wildman–Crippen MR) is 174 cm³/mol. The first-order valence-electron chi connectivity index (χ1n) is 13.9. The van der Waals surface area contributed by atoms with Crippen LogP contribution in [0.4, 0.5) is 0 Å². The number of hydrogen-bond donors (Lipinski definition) is 0. The molecule has 41 heavy (non-hydrogen) atoms. The minimum atomic E-state index is -2.61. The molecule has 0 aliphatic carbocycles. The molecule has 0 spiro atoms. The molecule has 7 aromatic rings. The molecule has 0 radical (unpaired) electrons. The SMILES string of the molecule is CP1(=O)c2ccccc2-c2cc(-c3c4ccccc4c(-c4ccc(-c5ccccc5)nc4)c4ccccc34)ccc21. The van der Waals surface area contributed by atoms with E-state index in [1.54, 1.807) is 0 Å².